The number of Topliss-reactive ketones (excluding diaryl/α,β-unsaturated/α-hetero) is 1. The summed E-state index contributed by atoms with van der Waals surface area (Å²) in [6.45, 7) is 2.56. The third-order valence-corrected chi connectivity index (χ3v) is 3.80. The molecule has 0 radical (unpaired) electrons. The molecule has 4 nitrogen and oxygen atoms in total. The molecule has 0 saturated carbocycles. The lowest BCUT2D eigenvalue weighted by molar-refractivity contribution is 0.0766. The molecule has 1 aromatic heterocycles. The molecule has 0 amide bonds. The minimum atomic E-state index is -0.106. The summed E-state index contributed by atoms with van der Waals surface area (Å²) in [7, 11) is 0. The number of hydrogen-bond acceptors (Lipinski definition) is 3. The van der Waals surface area contributed by atoms with Crippen LogP contribution in [-0.2, 0) is 4.74 Å². The van der Waals surface area contributed by atoms with E-state index in [0.29, 0.717) is 17.7 Å². The Balaban J connectivity index is 2.11. The van der Waals surface area contributed by atoms with Crippen molar-refractivity contribution in [2.24, 2.45) is 5.92 Å². The van der Waals surface area contributed by atoms with Crippen LogP contribution in [0.15, 0.2) is 24.4 Å². The molecule has 96 valence electrons. The van der Waals surface area contributed by atoms with Gasteiger partial charge in [-0.25, -0.2) is 0 Å². The van der Waals surface area contributed by atoms with Crippen molar-refractivity contribution >= 4 is 16.7 Å². The van der Waals surface area contributed by atoms with Gasteiger partial charge in [-0.2, -0.15) is 5.26 Å². The molecule has 0 bridgehead atoms. The number of rotatable bonds is 2. The van der Waals surface area contributed by atoms with E-state index in [-0.39, 0.29) is 17.8 Å². The van der Waals surface area contributed by atoms with E-state index in [4.69, 9.17) is 4.74 Å². The standard InChI is InChI=1S/C15H14N2O2/c1-9-11(5-6-19-9)15(18)12-8-17-13-4-2-3-10(7-16)14(12)13/h2-4,8-9,11,17H,5-6H2,1H3. The van der Waals surface area contributed by atoms with Crippen LogP contribution in [0.4, 0.5) is 0 Å². The average Bonchev–Trinajstić information content (AvgIpc) is 3.03. The van der Waals surface area contributed by atoms with Crippen LogP contribution in [0, 0.1) is 17.2 Å². The number of H-pyrrole nitrogens is 1. The third-order valence-electron chi connectivity index (χ3n) is 3.80. The van der Waals surface area contributed by atoms with Crippen molar-refractivity contribution in [1.29, 1.82) is 5.26 Å². The Bertz CT molecular complexity index is 681. The molecule has 4 heteroatoms. The smallest absolute Gasteiger partial charge is 0.170 e. The number of ether oxygens (including phenoxy) is 1. The highest BCUT2D eigenvalue weighted by Crippen LogP contribution is 2.29. The Labute approximate surface area is 111 Å². The molecule has 1 aliphatic rings. The quantitative estimate of drug-likeness (QED) is 0.838. The fourth-order valence-electron chi connectivity index (χ4n) is 2.75. The SMILES string of the molecule is CC1OCCC1C(=O)c1c[nH]c2cccc(C#N)c12. The number of carbonyl (C=O) groups is 1. The second-order valence-corrected chi connectivity index (χ2v) is 4.88. The van der Waals surface area contributed by atoms with Crippen LogP contribution in [-0.4, -0.2) is 23.5 Å². The second kappa shape index (κ2) is 4.52. The number of nitrogens with one attached hydrogen (secondary N) is 1. The molecule has 0 spiro atoms. The zero-order valence-corrected chi connectivity index (χ0v) is 10.6. The lowest BCUT2D eigenvalue weighted by Gasteiger charge is -2.12. The molecule has 19 heavy (non-hydrogen) atoms. The zero-order chi connectivity index (χ0) is 13.4. The van der Waals surface area contributed by atoms with Gasteiger partial charge in [0.15, 0.2) is 5.78 Å². The number of aromatic nitrogens is 1. The van der Waals surface area contributed by atoms with E-state index in [0.717, 1.165) is 17.3 Å². The fraction of sp³-hybridized carbons (Fsp3) is 0.333. The van der Waals surface area contributed by atoms with Gasteiger partial charge >= 0.3 is 0 Å². The van der Waals surface area contributed by atoms with E-state index in [1.54, 1.807) is 12.3 Å². The van der Waals surface area contributed by atoms with Crippen molar-refractivity contribution in [3.63, 3.8) is 0 Å². The van der Waals surface area contributed by atoms with Crippen LogP contribution in [0.5, 0.6) is 0 Å². The van der Waals surface area contributed by atoms with Crippen LogP contribution >= 0.6 is 0 Å². The molecule has 1 aliphatic heterocycles. The highest BCUT2D eigenvalue weighted by molar-refractivity contribution is 6.10. The number of aromatic amines is 1. The van der Waals surface area contributed by atoms with Crippen LogP contribution in [0.1, 0.15) is 29.3 Å². The van der Waals surface area contributed by atoms with Crippen LogP contribution in [0.25, 0.3) is 10.9 Å². The number of benzene rings is 1. The number of hydrogen-bond donors (Lipinski definition) is 1. The topological polar surface area (TPSA) is 65.9 Å². The molecular formula is C15H14N2O2. The Morgan fingerprint density at radius 3 is 3.05 bits per heavy atom. The van der Waals surface area contributed by atoms with Crippen LogP contribution < -0.4 is 0 Å². The Hall–Kier alpha value is -2.12. The van der Waals surface area contributed by atoms with Gasteiger partial charge in [0, 0.05) is 29.3 Å². The Morgan fingerprint density at radius 1 is 1.53 bits per heavy atom. The van der Waals surface area contributed by atoms with E-state index in [2.05, 4.69) is 11.1 Å². The molecule has 1 N–H and O–H groups in total. The normalized spacial score (nSPS) is 22.5. The molecule has 1 aromatic carbocycles. The van der Waals surface area contributed by atoms with Gasteiger partial charge in [0.05, 0.1) is 23.7 Å². The van der Waals surface area contributed by atoms with Gasteiger partial charge in [0.25, 0.3) is 0 Å². The van der Waals surface area contributed by atoms with Crippen molar-refractivity contribution in [2.45, 2.75) is 19.4 Å². The van der Waals surface area contributed by atoms with Gasteiger partial charge in [0.2, 0.25) is 0 Å². The number of ketones is 1. The first-order valence-electron chi connectivity index (χ1n) is 6.38. The van der Waals surface area contributed by atoms with E-state index < -0.39 is 0 Å². The molecule has 1 fully saturated rings. The van der Waals surface area contributed by atoms with E-state index in [1.807, 2.05) is 19.1 Å². The summed E-state index contributed by atoms with van der Waals surface area (Å²) < 4.78 is 5.46. The summed E-state index contributed by atoms with van der Waals surface area (Å²) in [5.41, 5.74) is 1.97. The van der Waals surface area contributed by atoms with Gasteiger partial charge < -0.3 is 9.72 Å². The molecule has 2 aromatic rings. The van der Waals surface area contributed by atoms with Crippen molar-refractivity contribution in [2.75, 3.05) is 6.61 Å². The van der Waals surface area contributed by atoms with Crippen LogP contribution in [0.3, 0.4) is 0 Å². The lowest BCUT2D eigenvalue weighted by Crippen LogP contribution is -2.21. The summed E-state index contributed by atoms with van der Waals surface area (Å²) in [5.74, 6) is -0.0373. The van der Waals surface area contributed by atoms with E-state index in [1.165, 1.54) is 0 Å². The summed E-state index contributed by atoms with van der Waals surface area (Å²) in [4.78, 5) is 15.7. The third kappa shape index (κ3) is 1.83. The molecule has 2 heterocycles. The summed E-state index contributed by atoms with van der Waals surface area (Å²) in [6.07, 6.45) is 2.41. The van der Waals surface area contributed by atoms with Crippen molar-refractivity contribution in [3.8, 4) is 6.07 Å². The number of fused-ring (bicyclic) bond motifs is 1. The highest BCUT2D eigenvalue weighted by Gasteiger charge is 2.32. The monoisotopic (exact) mass is 254 g/mol. The molecule has 2 unspecified atom stereocenters. The van der Waals surface area contributed by atoms with Crippen molar-refractivity contribution < 1.29 is 9.53 Å². The predicted octanol–water partition coefficient (Wildman–Crippen LogP) is 2.65. The largest absolute Gasteiger partial charge is 0.378 e. The summed E-state index contributed by atoms with van der Waals surface area (Å²) in [5, 5.41) is 9.91. The first-order valence-corrected chi connectivity index (χ1v) is 6.38. The first kappa shape index (κ1) is 11.9. The van der Waals surface area contributed by atoms with Gasteiger partial charge in [-0.05, 0) is 25.5 Å². The minimum absolute atomic E-state index is 0.0494. The second-order valence-electron chi connectivity index (χ2n) is 4.88. The summed E-state index contributed by atoms with van der Waals surface area (Å²) >= 11 is 0. The minimum Gasteiger partial charge on any atom is -0.378 e. The number of nitriles is 1. The highest BCUT2D eigenvalue weighted by atomic mass is 16.5. The van der Waals surface area contributed by atoms with Crippen LogP contribution in [0.2, 0.25) is 0 Å². The van der Waals surface area contributed by atoms with Gasteiger partial charge in [-0.15, -0.1) is 0 Å². The van der Waals surface area contributed by atoms with Gasteiger partial charge in [0.1, 0.15) is 0 Å². The molecule has 3 rings (SSSR count). The average molecular weight is 254 g/mol. The summed E-state index contributed by atoms with van der Waals surface area (Å²) in [6, 6.07) is 7.58. The zero-order valence-electron chi connectivity index (χ0n) is 10.6. The van der Waals surface area contributed by atoms with Gasteiger partial charge in [-0.1, -0.05) is 6.07 Å². The van der Waals surface area contributed by atoms with Gasteiger partial charge in [-0.3, -0.25) is 4.79 Å². The maximum Gasteiger partial charge on any atom is 0.170 e. The molecule has 2 atom stereocenters. The van der Waals surface area contributed by atoms with E-state index in [9.17, 15) is 10.1 Å². The molecule has 1 saturated heterocycles. The maximum absolute atomic E-state index is 12.6. The van der Waals surface area contributed by atoms with Crippen molar-refractivity contribution in [3.05, 3.63) is 35.5 Å². The Kier molecular flexibility index (Phi) is 2.84. The number of carbonyl (C=O) groups excluding carboxylic acids is 1. The molecular weight excluding hydrogens is 240 g/mol. The van der Waals surface area contributed by atoms with Crippen molar-refractivity contribution in [1.82, 2.24) is 4.98 Å². The Morgan fingerprint density at radius 2 is 2.37 bits per heavy atom. The predicted molar refractivity (Wildman–Crippen MR) is 70.9 cm³/mol. The van der Waals surface area contributed by atoms with E-state index >= 15 is 0 Å². The fourth-order valence-corrected chi connectivity index (χ4v) is 2.75. The first-order chi connectivity index (χ1) is 9.22. The lowest BCUT2D eigenvalue weighted by atomic mass is 9.91. The maximum atomic E-state index is 12.6. The number of nitrogens with zero attached hydrogens (tertiary/aromatic N) is 1. The molecule has 0 aliphatic carbocycles.